The molecule has 0 N–H and O–H groups in total. The Kier molecular flexibility index (Phi) is 6.41. The molecule has 0 aliphatic carbocycles. The summed E-state index contributed by atoms with van der Waals surface area (Å²) in [5.74, 6) is 0. The van der Waals surface area contributed by atoms with Gasteiger partial charge in [0.15, 0.2) is 0 Å². The van der Waals surface area contributed by atoms with Crippen LogP contribution in [-0.4, -0.2) is 13.9 Å². The molecular weight excluding hydrogens is 130 g/mol. The van der Waals surface area contributed by atoms with E-state index in [2.05, 4.69) is 9.24 Å². The number of hydrogen-bond acceptors (Lipinski definition) is 0. The second-order valence-electron chi connectivity index (χ2n) is 0.495. The van der Waals surface area contributed by atoms with Gasteiger partial charge in [-0.1, -0.05) is 6.66 Å². The van der Waals surface area contributed by atoms with Crippen LogP contribution in [0.4, 0.5) is 17.3 Å². The molecule has 0 radical (unpaired) electrons. The van der Waals surface area contributed by atoms with Crippen LogP contribution in [0.2, 0.25) is 0 Å². The molecule has 0 aliphatic rings. The average molecular weight is 135 g/mol. The Morgan fingerprint density at radius 3 is 1.00 bits per heavy atom. The van der Waals surface area contributed by atoms with E-state index in [9.17, 15) is 17.3 Å². The van der Waals surface area contributed by atoms with Crippen molar-refractivity contribution in [1.82, 2.24) is 0 Å². The van der Waals surface area contributed by atoms with Crippen molar-refractivity contribution in [2.75, 3.05) is 6.66 Å². The molecule has 0 aromatic carbocycles. The highest BCUT2D eigenvalue weighted by Gasteiger charge is 2.20. The first-order chi connectivity index (χ1) is 3.00. The van der Waals surface area contributed by atoms with E-state index in [0.717, 1.165) is 0 Å². The van der Waals surface area contributed by atoms with Crippen LogP contribution in [0.15, 0.2) is 0 Å². The van der Waals surface area contributed by atoms with E-state index in [4.69, 9.17) is 0 Å². The Bertz CT molecular complexity index is 27.2. The smallest absolute Gasteiger partial charge is 0.418 e. The lowest BCUT2D eigenvalue weighted by molar-refractivity contribution is 0.368. The van der Waals surface area contributed by atoms with Crippen LogP contribution in [0.1, 0.15) is 0 Å². The van der Waals surface area contributed by atoms with Crippen molar-refractivity contribution < 1.29 is 17.3 Å². The molecule has 0 fully saturated rings. The minimum Gasteiger partial charge on any atom is -0.418 e. The zero-order valence-corrected chi connectivity index (χ0v) is 4.82. The highest BCUT2D eigenvalue weighted by atomic mass is 31.0. The Labute approximate surface area is 41.6 Å². The van der Waals surface area contributed by atoms with Crippen LogP contribution in [0.5, 0.6) is 0 Å². The largest absolute Gasteiger partial charge is 0.673 e. The third kappa shape index (κ3) is 2390. The normalized spacial score (nSPS) is 9.43. The molecule has 1 atom stereocenters. The quantitative estimate of drug-likeness (QED) is 0.269. The first-order valence-corrected chi connectivity index (χ1v) is 2.60. The van der Waals surface area contributed by atoms with E-state index < -0.39 is 7.25 Å². The maximum Gasteiger partial charge on any atom is 0.673 e. The minimum atomic E-state index is -6.00. The van der Waals surface area contributed by atoms with Crippen LogP contribution in [0, 0.1) is 0 Å². The topological polar surface area (TPSA) is 0 Å². The summed E-state index contributed by atoms with van der Waals surface area (Å²) >= 11 is 0. The summed E-state index contributed by atoms with van der Waals surface area (Å²) in [7, 11) is -3.58. The molecule has 0 rings (SSSR count). The molecule has 0 saturated carbocycles. The van der Waals surface area contributed by atoms with Crippen molar-refractivity contribution in [3.8, 4) is 0 Å². The van der Waals surface area contributed by atoms with E-state index in [1.165, 1.54) is 0 Å². The Balaban J connectivity index is 0. The second-order valence-corrected chi connectivity index (χ2v) is 0.495. The summed E-state index contributed by atoms with van der Waals surface area (Å²) in [6, 6.07) is 0. The maximum atomic E-state index is 9.75. The van der Waals surface area contributed by atoms with E-state index >= 15 is 0 Å². The first kappa shape index (κ1) is 10.2. The Hall–Kier alpha value is 0.215. The lowest BCUT2D eigenvalue weighted by Gasteiger charge is -1.94. The van der Waals surface area contributed by atoms with Crippen LogP contribution in [0.25, 0.3) is 0 Å². The highest BCUT2D eigenvalue weighted by Crippen LogP contribution is 2.06. The van der Waals surface area contributed by atoms with Crippen LogP contribution >= 0.6 is 9.24 Å². The zero-order chi connectivity index (χ0) is 6.50. The predicted molar refractivity (Wildman–Crippen MR) is 25.8 cm³/mol. The molecule has 46 valence electrons. The van der Waals surface area contributed by atoms with E-state index in [1.54, 1.807) is 0 Å². The van der Waals surface area contributed by atoms with Gasteiger partial charge in [0.05, 0.1) is 0 Å². The van der Waals surface area contributed by atoms with E-state index in [0.29, 0.717) is 0 Å². The Morgan fingerprint density at radius 2 is 1.00 bits per heavy atom. The van der Waals surface area contributed by atoms with Gasteiger partial charge in [0.2, 0.25) is 0 Å². The van der Waals surface area contributed by atoms with Crippen LogP contribution in [0.3, 0.4) is 0 Å². The van der Waals surface area contributed by atoms with Gasteiger partial charge in [-0.15, -0.1) is 9.24 Å². The van der Waals surface area contributed by atoms with Gasteiger partial charge < -0.3 is 17.3 Å². The fourth-order valence-corrected chi connectivity index (χ4v) is 0. The summed E-state index contributed by atoms with van der Waals surface area (Å²) in [4.78, 5) is 0. The molecule has 0 amide bonds. The highest BCUT2D eigenvalue weighted by molar-refractivity contribution is 7.15. The fraction of sp³-hybridized carbons (Fsp3) is 1.00. The van der Waals surface area contributed by atoms with Gasteiger partial charge in [0, 0.05) is 0 Å². The first-order valence-electron chi connectivity index (χ1n) is 1.45. The molecule has 0 bridgehead atoms. The molecule has 0 aromatic heterocycles. The van der Waals surface area contributed by atoms with Gasteiger partial charge in [-0.3, -0.25) is 0 Å². The molecule has 0 heterocycles. The summed E-state index contributed by atoms with van der Waals surface area (Å²) in [5, 5.41) is 0. The molecule has 0 saturated heterocycles. The van der Waals surface area contributed by atoms with Crippen LogP contribution < -0.4 is 0 Å². The van der Waals surface area contributed by atoms with Gasteiger partial charge in [-0.05, 0) is 0 Å². The zero-order valence-electron chi connectivity index (χ0n) is 3.67. The van der Waals surface area contributed by atoms with Gasteiger partial charge >= 0.3 is 7.25 Å². The summed E-state index contributed by atoms with van der Waals surface area (Å²) in [5.41, 5.74) is 0. The average Bonchev–Trinajstić information content (AvgIpc) is 1.36. The molecular formula is CH5BF4P-. The lowest BCUT2D eigenvalue weighted by Crippen LogP contribution is -2.02. The lowest BCUT2D eigenvalue weighted by atomic mass is 10.3. The summed E-state index contributed by atoms with van der Waals surface area (Å²) in [6.45, 7) is 1.92. The van der Waals surface area contributed by atoms with Crippen LogP contribution in [-0.2, 0) is 0 Å². The molecule has 0 nitrogen and oxygen atoms in total. The second kappa shape index (κ2) is 4.38. The molecule has 1 unspecified atom stereocenters. The van der Waals surface area contributed by atoms with Gasteiger partial charge in [0.1, 0.15) is 0 Å². The SMILES string of the molecule is CP.F[B-](F)(F)F. The Morgan fingerprint density at radius 1 is 1.00 bits per heavy atom. The minimum absolute atomic E-state index is 1.92. The van der Waals surface area contributed by atoms with Crippen molar-refractivity contribution >= 4 is 16.5 Å². The number of hydrogen-bond donors (Lipinski definition) is 0. The standard InChI is InChI=1S/CH5P.BF4/c1-2;2-1(3,4)5/h2H2,1H3;/q;-1. The fourth-order valence-electron chi connectivity index (χ4n) is 0. The molecule has 7 heavy (non-hydrogen) atoms. The summed E-state index contributed by atoms with van der Waals surface area (Å²) in [6.07, 6.45) is 0. The summed E-state index contributed by atoms with van der Waals surface area (Å²) < 4.78 is 39.0. The van der Waals surface area contributed by atoms with Crippen molar-refractivity contribution in [3.05, 3.63) is 0 Å². The third-order valence-electron chi connectivity index (χ3n) is 0. The molecule has 6 heteroatoms. The third-order valence-corrected chi connectivity index (χ3v) is 0. The predicted octanol–water partition coefficient (Wildman–Crippen LogP) is 1.79. The van der Waals surface area contributed by atoms with Gasteiger partial charge in [-0.25, -0.2) is 0 Å². The van der Waals surface area contributed by atoms with Crippen molar-refractivity contribution in [1.29, 1.82) is 0 Å². The van der Waals surface area contributed by atoms with Crippen molar-refractivity contribution in [2.24, 2.45) is 0 Å². The maximum absolute atomic E-state index is 9.75. The molecule has 0 aliphatic heterocycles. The van der Waals surface area contributed by atoms with E-state index in [1.807, 2.05) is 6.66 Å². The van der Waals surface area contributed by atoms with E-state index in [-0.39, 0.29) is 0 Å². The number of halogens is 4. The number of rotatable bonds is 0. The van der Waals surface area contributed by atoms with Crippen molar-refractivity contribution in [2.45, 2.75) is 0 Å². The van der Waals surface area contributed by atoms with Gasteiger partial charge in [0.25, 0.3) is 0 Å². The van der Waals surface area contributed by atoms with Gasteiger partial charge in [-0.2, -0.15) is 0 Å². The van der Waals surface area contributed by atoms with Crippen molar-refractivity contribution in [3.63, 3.8) is 0 Å². The monoisotopic (exact) mass is 135 g/mol. The molecule has 0 aromatic rings. The molecule has 0 spiro atoms.